The van der Waals surface area contributed by atoms with E-state index in [0.29, 0.717) is 12.3 Å². The van der Waals surface area contributed by atoms with Crippen LogP contribution in [0.4, 0.5) is 0 Å². The van der Waals surface area contributed by atoms with Crippen LogP contribution < -0.4 is 14.8 Å². The van der Waals surface area contributed by atoms with Crippen molar-refractivity contribution in [2.24, 2.45) is 0 Å². The zero-order chi connectivity index (χ0) is 16.4. The Kier molecular flexibility index (Phi) is 3.63. The van der Waals surface area contributed by atoms with Crippen LogP contribution in [0, 0.1) is 0 Å². The minimum atomic E-state index is -0.164. The molecule has 0 saturated heterocycles. The van der Waals surface area contributed by atoms with Crippen LogP contribution in [0.2, 0.25) is 0 Å². The topological polar surface area (TPSA) is 64.9 Å². The molecule has 0 atom stereocenters. The number of nitrogens with zero attached hydrogens (tertiary/aromatic N) is 2. The van der Waals surface area contributed by atoms with Crippen LogP contribution in [0.5, 0.6) is 11.5 Å². The minimum Gasteiger partial charge on any atom is -0.454 e. The lowest BCUT2D eigenvalue weighted by Gasteiger charge is -2.01. The molecule has 0 bridgehead atoms. The lowest BCUT2D eigenvalue weighted by molar-refractivity contribution is -0.116. The largest absolute Gasteiger partial charge is 0.454 e. The third-order valence-corrected chi connectivity index (χ3v) is 3.78. The molecule has 1 aromatic carbocycles. The fourth-order valence-electron chi connectivity index (χ4n) is 2.55. The maximum atomic E-state index is 12.0. The number of fused-ring (bicyclic) bond motifs is 2. The Hall–Kier alpha value is -3.28. The van der Waals surface area contributed by atoms with Crippen LogP contribution >= 0.6 is 0 Å². The molecule has 0 aliphatic carbocycles. The Morgan fingerprint density at radius 2 is 2.17 bits per heavy atom. The number of rotatable bonds is 4. The molecule has 4 rings (SSSR count). The number of hydrogen-bond donors (Lipinski definition) is 1. The highest BCUT2D eigenvalue weighted by Gasteiger charge is 2.12. The fraction of sp³-hybridized carbons (Fsp3) is 0.111. The number of aromatic nitrogens is 2. The van der Waals surface area contributed by atoms with Crippen molar-refractivity contribution in [3.63, 3.8) is 0 Å². The van der Waals surface area contributed by atoms with E-state index in [9.17, 15) is 4.79 Å². The van der Waals surface area contributed by atoms with Gasteiger partial charge in [-0.05, 0) is 35.9 Å². The molecule has 1 amide bonds. The van der Waals surface area contributed by atoms with Gasteiger partial charge in [0.05, 0.1) is 11.7 Å². The molecule has 1 aliphatic rings. The van der Waals surface area contributed by atoms with Gasteiger partial charge in [0.25, 0.3) is 0 Å². The van der Waals surface area contributed by atoms with Gasteiger partial charge in [-0.25, -0.2) is 4.52 Å². The number of pyridine rings is 1. The van der Waals surface area contributed by atoms with Gasteiger partial charge in [0.15, 0.2) is 11.5 Å². The molecule has 2 aromatic heterocycles. The van der Waals surface area contributed by atoms with Crippen LogP contribution in [0.1, 0.15) is 11.1 Å². The molecule has 3 aromatic rings. The third-order valence-electron chi connectivity index (χ3n) is 3.78. The highest BCUT2D eigenvalue weighted by molar-refractivity contribution is 5.91. The van der Waals surface area contributed by atoms with Crippen molar-refractivity contribution < 1.29 is 14.3 Å². The number of amides is 1. The van der Waals surface area contributed by atoms with E-state index in [1.165, 1.54) is 6.08 Å². The lowest BCUT2D eigenvalue weighted by Crippen LogP contribution is -2.20. The second-order valence-electron chi connectivity index (χ2n) is 5.36. The number of nitrogens with one attached hydrogen (secondary N) is 1. The zero-order valence-electron chi connectivity index (χ0n) is 12.8. The summed E-state index contributed by atoms with van der Waals surface area (Å²) in [4.78, 5) is 12.0. The molecule has 6 nitrogen and oxygen atoms in total. The number of carbonyl (C=O) groups excluding carboxylic acids is 1. The van der Waals surface area contributed by atoms with Crippen LogP contribution in [-0.2, 0) is 11.3 Å². The van der Waals surface area contributed by atoms with Gasteiger partial charge in [-0.3, -0.25) is 4.79 Å². The van der Waals surface area contributed by atoms with Crippen molar-refractivity contribution in [1.82, 2.24) is 14.9 Å². The quantitative estimate of drug-likeness (QED) is 0.750. The fourth-order valence-corrected chi connectivity index (χ4v) is 2.55. The van der Waals surface area contributed by atoms with E-state index in [0.717, 1.165) is 22.4 Å². The first kappa shape index (κ1) is 14.3. The molecule has 24 heavy (non-hydrogen) atoms. The van der Waals surface area contributed by atoms with Crippen molar-refractivity contribution in [1.29, 1.82) is 0 Å². The summed E-state index contributed by atoms with van der Waals surface area (Å²) in [5.74, 6) is 1.26. The molecular weight excluding hydrogens is 306 g/mol. The number of hydrogen-bond acceptors (Lipinski definition) is 4. The second-order valence-corrected chi connectivity index (χ2v) is 5.36. The van der Waals surface area contributed by atoms with Crippen molar-refractivity contribution in [3.05, 3.63) is 66.0 Å². The van der Waals surface area contributed by atoms with E-state index in [2.05, 4.69) is 10.4 Å². The summed E-state index contributed by atoms with van der Waals surface area (Å²) < 4.78 is 12.4. The maximum Gasteiger partial charge on any atom is 0.244 e. The third kappa shape index (κ3) is 2.81. The van der Waals surface area contributed by atoms with Crippen LogP contribution in [-0.4, -0.2) is 22.3 Å². The van der Waals surface area contributed by atoms with Gasteiger partial charge in [-0.15, -0.1) is 0 Å². The monoisotopic (exact) mass is 321 g/mol. The molecule has 1 aliphatic heterocycles. The minimum absolute atomic E-state index is 0.164. The molecule has 0 unspecified atom stereocenters. The summed E-state index contributed by atoms with van der Waals surface area (Å²) in [6.07, 6.45) is 6.88. The molecule has 3 heterocycles. The van der Waals surface area contributed by atoms with Gasteiger partial charge in [-0.1, -0.05) is 12.1 Å². The summed E-state index contributed by atoms with van der Waals surface area (Å²) in [7, 11) is 0. The van der Waals surface area contributed by atoms with Gasteiger partial charge in [-0.2, -0.15) is 5.10 Å². The van der Waals surface area contributed by atoms with E-state index in [1.807, 2.05) is 42.6 Å². The van der Waals surface area contributed by atoms with E-state index in [4.69, 9.17) is 9.47 Å². The van der Waals surface area contributed by atoms with Gasteiger partial charge in [0.1, 0.15) is 0 Å². The average molecular weight is 321 g/mol. The normalized spacial score (nSPS) is 12.8. The first-order chi connectivity index (χ1) is 11.8. The zero-order valence-corrected chi connectivity index (χ0v) is 12.8. The summed E-state index contributed by atoms with van der Waals surface area (Å²) in [5, 5.41) is 7.11. The first-order valence-electron chi connectivity index (χ1n) is 7.56. The number of ether oxygens (including phenoxy) is 2. The standard InChI is InChI=1S/C18H15N3O3/c22-18(7-5-13-4-6-16-17(9-13)24-12-23-16)19-10-14-11-20-21-8-2-1-3-15(14)21/h1-9,11H,10,12H2,(H,19,22)/b7-5+. The molecule has 1 N–H and O–H groups in total. The second kappa shape index (κ2) is 6.08. The highest BCUT2D eigenvalue weighted by Crippen LogP contribution is 2.32. The Morgan fingerprint density at radius 1 is 1.25 bits per heavy atom. The molecule has 6 heteroatoms. The molecule has 0 radical (unpaired) electrons. The Bertz CT molecular complexity index is 930. The van der Waals surface area contributed by atoms with Gasteiger partial charge in [0, 0.05) is 24.4 Å². The Balaban J connectivity index is 1.40. The van der Waals surface area contributed by atoms with Crippen molar-refractivity contribution in [3.8, 4) is 11.5 Å². The Labute approximate surface area is 138 Å². The smallest absolute Gasteiger partial charge is 0.244 e. The van der Waals surface area contributed by atoms with Crippen LogP contribution in [0.25, 0.3) is 11.6 Å². The SMILES string of the molecule is O=C(/C=C/c1ccc2c(c1)OCO2)NCc1cnn2ccccc12. The van der Waals surface area contributed by atoms with Gasteiger partial charge in [0.2, 0.25) is 12.7 Å². The summed E-state index contributed by atoms with van der Waals surface area (Å²) in [6.45, 7) is 0.667. The summed E-state index contributed by atoms with van der Waals surface area (Å²) >= 11 is 0. The molecule has 0 saturated carbocycles. The Morgan fingerprint density at radius 3 is 3.12 bits per heavy atom. The van der Waals surface area contributed by atoms with Gasteiger partial charge < -0.3 is 14.8 Å². The molecule has 0 spiro atoms. The van der Waals surface area contributed by atoms with E-state index in [1.54, 1.807) is 16.8 Å². The van der Waals surface area contributed by atoms with Crippen LogP contribution in [0.15, 0.2) is 54.9 Å². The van der Waals surface area contributed by atoms with E-state index in [-0.39, 0.29) is 12.7 Å². The predicted octanol–water partition coefficient (Wildman–Crippen LogP) is 2.39. The number of benzene rings is 1. The summed E-state index contributed by atoms with van der Waals surface area (Å²) in [5.41, 5.74) is 2.84. The van der Waals surface area contributed by atoms with Crippen LogP contribution in [0.3, 0.4) is 0 Å². The lowest BCUT2D eigenvalue weighted by atomic mass is 10.2. The van der Waals surface area contributed by atoms with Gasteiger partial charge >= 0.3 is 0 Å². The predicted molar refractivity (Wildman–Crippen MR) is 88.6 cm³/mol. The van der Waals surface area contributed by atoms with Crippen molar-refractivity contribution in [2.75, 3.05) is 6.79 Å². The molecular formula is C18H15N3O3. The summed E-state index contributed by atoms with van der Waals surface area (Å²) in [6, 6.07) is 11.4. The molecule has 120 valence electrons. The highest BCUT2D eigenvalue weighted by atomic mass is 16.7. The maximum absolute atomic E-state index is 12.0. The van der Waals surface area contributed by atoms with E-state index < -0.39 is 0 Å². The number of carbonyl (C=O) groups is 1. The molecule has 0 fully saturated rings. The van der Waals surface area contributed by atoms with Crippen molar-refractivity contribution in [2.45, 2.75) is 6.54 Å². The average Bonchev–Trinajstić information content (AvgIpc) is 3.24. The van der Waals surface area contributed by atoms with Crippen molar-refractivity contribution >= 4 is 17.5 Å². The van der Waals surface area contributed by atoms with E-state index >= 15 is 0 Å². The first-order valence-corrected chi connectivity index (χ1v) is 7.56.